The van der Waals surface area contributed by atoms with Gasteiger partial charge in [0.25, 0.3) is 0 Å². The summed E-state index contributed by atoms with van der Waals surface area (Å²) in [6.07, 6.45) is 3.19. The van der Waals surface area contributed by atoms with E-state index in [2.05, 4.69) is 15.6 Å². The van der Waals surface area contributed by atoms with Crippen molar-refractivity contribution in [2.24, 2.45) is 4.99 Å². The highest BCUT2D eigenvalue weighted by Crippen LogP contribution is 2.48. The molecule has 0 aromatic heterocycles. The molecule has 0 radical (unpaired) electrons. The normalized spacial score (nSPS) is 16.9. The second kappa shape index (κ2) is 7.29. The molecule has 2 N–H and O–H groups in total. The highest BCUT2D eigenvalue weighted by molar-refractivity contribution is 7.90. The molecule has 23 heavy (non-hydrogen) atoms. The van der Waals surface area contributed by atoms with Crippen LogP contribution >= 0.6 is 0 Å². The molecule has 0 bridgehead atoms. The number of nitrogens with zero attached hydrogens (tertiary/aromatic N) is 1. The Bertz CT molecular complexity index is 670. The minimum atomic E-state index is -3.00. The van der Waals surface area contributed by atoms with Gasteiger partial charge in [0, 0.05) is 24.8 Å². The largest absolute Gasteiger partial charge is 0.357 e. The fraction of sp³-hybridized carbons (Fsp3) is 0.562. The third-order valence-corrected chi connectivity index (χ3v) is 4.89. The number of rotatable bonds is 7. The van der Waals surface area contributed by atoms with Crippen molar-refractivity contribution in [1.29, 1.82) is 0 Å². The summed E-state index contributed by atoms with van der Waals surface area (Å²) in [6, 6.07) is 6.69. The summed E-state index contributed by atoms with van der Waals surface area (Å²) in [5.74, 6) is 0.432. The quantitative estimate of drug-likeness (QED) is 0.582. The van der Waals surface area contributed by atoms with Crippen LogP contribution in [0.1, 0.15) is 25.3 Å². The Morgan fingerprint density at radius 3 is 2.65 bits per heavy atom. The summed E-state index contributed by atoms with van der Waals surface area (Å²) in [5, 5.41) is 6.13. The number of sulfone groups is 1. The van der Waals surface area contributed by atoms with Gasteiger partial charge in [-0.05, 0) is 37.5 Å². The van der Waals surface area contributed by atoms with E-state index in [4.69, 9.17) is 0 Å². The van der Waals surface area contributed by atoms with Crippen LogP contribution in [0.15, 0.2) is 29.3 Å². The van der Waals surface area contributed by atoms with Crippen LogP contribution in [0.4, 0.5) is 4.39 Å². The van der Waals surface area contributed by atoms with E-state index in [1.54, 1.807) is 12.1 Å². The molecule has 7 heteroatoms. The molecule has 1 aromatic rings. The van der Waals surface area contributed by atoms with Gasteiger partial charge >= 0.3 is 0 Å². The number of guanidine groups is 1. The highest BCUT2D eigenvalue weighted by atomic mass is 32.2. The van der Waals surface area contributed by atoms with E-state index in [9.17, 15) is 12.8 Å². The maximum atomic E-state index is 13.4. The Kier molecular flexibility index (Phi) is 5.62. The van der Waals surface area contributed by atoms with Gasteiger partial charge in [-0.1, -0.05) is 12.1 Å². The van der Waals surface area contributed by atoms with Crippen LogP contribution in [0.5, 0.6) is 0 Å². The Morgan fingerprint density at radius 2 is 2.09 bits per heavy atom. The lowest BCUT2D eigenvalue weighted by atomic mass is 9.96. The van der Waals surface area contributed by atoms with Crippen molar-refractivity contribution >= 4 is 15.8 Å². The molecule has 0 atom stereocenters. The average molecular weight is 341 g/mol. The van der Waals surface area contributed by atoms with Crippen molar-refractivity contribution in [3.63, 3.8) is 0 Å². The fourth-order valence-electron chi connectivity index (χ4n) is 2.43. The maximum Gasteiger partial charge on any atom is 0.191 e. The molecule has 1 aromatic carbocycles. The van der Waals surface area contributed by atoms with Crippen LogP contribution in [-0.4, -0.2) is 46.0 Å². The second-order valence-electron chi connectivity index (χ2n) is 6.04. The molecule has 5 nitrogen and oxygen atoms in total. The van der Waals surface area contributed by atoms with Gasteiger partial charge in [-0.15, -0.1) is 0 Å². The summed E-state index contributed by atoms with van der Waals surface area (Å²) < 4.78 is 35.8. The van der Waals surface area contributed by atoms with Crippen LogP contribution in [0, 0.1) is 5.82 Å². The molecular formula is C16H24FN3O2S. The zero-order valence-corrected chi connectivity index (χ0v) is 14.4. The van der Waals surface area contributed by atoms with Crippen molar-refractivity contribution in [2.45, 2.75) is 25.2 Å². The van der Waals surface area contributed by atoms with E-state index in [1.807, 2.05) is 13.0 Å². The van der Waals surface area contributed by atoms with Crippen LogP contribution in [0.3, 0.4) is 0 Å². The van der Waals surface area contributed by atoms with Gasteiger partial charge in [0.05, 0.1) is 12.3 Å². The predicted molar refractivity (Wildman–Crippen MR) is 91.0 cm³/mol. The molecule has 1 fully saturated rings. The molecule has 1 aliphatic carbocycles. The maximum absolute atomic E-state index is 13.4. The van der Waals surface area contributed by atoms with Gasteiger partial charge in [0.15, 0.2) is 5.96 Å². The van der Waals surface area contributed by atoms with Crippen LogP contribution in [-0.2, 0) is 15.3 Å². The zero-order valence-electron chi connectivity index (χ0n) is 13.6. The molecule has 0 spiro atoms. The molecule has 128 valence electrons. The average Bonchev–Trinajstić information content (AvgIpc) is 3.25. The van der Waals surface area contributed by atoms with E-state index in [1.165, 1.54) is 12.3 Å². The molecule has 1 aliphatic rings. The first-order chi connectivity index (χ1) is 10.8. The third-order valence-electron chi connectivity index (χ3n) is 3.94. The first-order valence-corrected chi connectivity index (χ1v) is 9.87. The number of halogens is 1. The summed E-state index contributed by atoms with van der Waals surface area (Å²) in [5.41, 5.74) is 0.898. The zero-order chi connectivity index (χ0) is 16.9. The number of nitrogens with one attached hydrogen (secondary N) is 2. The Morgan fingerprint density at radius 1 is 1.35 bits per heavy atom. The Balaban J connectivity index is 1.99. The van der Waals surface area contributed by atoms with Gasteiger partial charge in [-0.3, -0.25) is 4.99 Å². The van der Waals surface area contributed by atoms with Crippen molar-refractivity contribution in [3.8, 4) is 0 Å². The molecule has 1 saturated carbocycles. The van der Waals surface area contributed by atoms with Gasteiger partial charge in [0.2, 0.25) is 0 Å². The molecule has 2 rings (SSSR count). The minimum Gasteiger partial charge on any atom is -0.357 e. The Labute approximate surface area is 137 Å². The molecular weight excluding hydrogens is 317 g/mol. The van der Waals surface area contributed by atoms with Gasteiger partial charge in [-0.25, -0.2) is 12.8 Å². The summed E-state index contributed by atoms with van der Waals surface area (Å²) >= 11 is 0. The van der Waals surface area contributed by atoms with Gasteiger partial charge < -0.3 is 10.6 Å². The molecule has 0 saturated heterocycles. The molecule has 0 heterocycles. The van der Waals surface area contributed by atoms with Gasteiger partial charge in [0.1, 0.15) is 15.7 Å². The number of benzene rings is 1. The van der Waals surface area contributed by atoms with E-state index < -0.39 is 9.84 Å². The SMILES string of the molecule is CCNC(=NCC1(c2cccc(F)c2)CC1)NCCS(C)(=O)=O. The predicted octanol–water partition coefficient (Wildman–Crippen LogP) is 1.46. The smallest absolute Gasteiger partial charge is 0.191 e. The third kappa shape index (κ3) is 5.49. The van der Waals surface area contributed by atoms with E-state index >= 15 is 0 Å². The second-order valence-corrected chi connectivity index (χ2v) is 8.30. The highest BCUT2D eigenvalue weighted by Gasteiger charge is 2.44. The summed E-state index contributed by atoms with van der Waals surface area (Å²) in [4.78, 5) is 4.55. The number of aliphatic imine (C=N–C) groups is 1. The van der Waals surface area contributed by atoms with Crippen LogP contribution < -0.4 is 10.6 Å². The lowest BCUT2D eigenvalue weighted by Crippen LogP contribution is -2.40. The van der Waals surface area contributed by atoms with Crippen molar-refractivity contribution < 1.29 is 12.8 Å². The van der Waals surface area contributed by atoms with Crippen molar-refractivity contribution in [2.75, 3.05) is 31.6 Å². The van der Waals surface area contributed by atoms with Crippen molar-refractivity contribution in [1.82, 2.24) is 10.6 Å². The number of hydrogen-bond donors (Lipinski definition) is 2. The van der Waals surface area contributed by atoms with Crippen LogP contribution in [0.25, 0.3) is 0 Å². The summed E-state index contributed by atoms with van der Waals surface area (Å²) in [7, 11) is -3.00. The molecule has 0 aliphatic heterocycles. The lowest BCUT2D eigenvalue weighted by Gasteiger charge is -2.16. The van der Waals surface area contributed by atoms with Crippen molar-refractivity contribution in [3.05, 3.63) is 35.6 Å². The Hall–Kier alpha value is -1.63. The molecule has 0 amide bonds. The fourth-order valence-corrected chi connectivity index (χ4v) is 2.91. The van der Waals surface area contributed by atoms with E-state index in [0.717, 1.165) is 18.4 Å². The summed E-state index contributed by atoms with van der Waals surface area (Å²) in [6.45, 7) is 3.52. The lowest BCUT2D eigenvalue weighted by molar-refractivity contribution is 0.600. The van der Waals surface area contributed by atoms with E-state index in [-0.39, 0.29) is 17.0 Å². The van der Waals surface area contributed by atoms with E-state index in [0.29, 0.717) is 25.6 Å². The topological polar surface area (TPSA) is 70.6 Å². The van der Waals surface area contributed by atoms with Gasteiger partial charge in [-0.2, -0.15) is 0 Å². The monoisotopic (exact) mass is 341 g/mol. The minimum absolute atomic E-state index is 0.0620. The first kappa shape index (κ1) is 17.7. The molecule has 0 unspecified atom stereocenters. The first-order valence-electron chi connectivity index (χ1n) is 7.81. The number of hydrogen-bond acceptors (Lipinski definition) is 3. The van der Waals surface area contributed by atoms with Crippen LogP contribution in [0.2, 0.25) is 0 Å². The standard InChI is InChI=1S/C16H24FN3O2S/c1-3-18-15(19-9-10-23(2,21)22)20-12-16(7-8-16)13-5-4-6-14(17)11-13/h4-6,11H,3,7-10,12H2,1-2H3,(H2,18,19,20).